The van der Waals surface area contributed by atoms with Crippen LogP contribution in [0.4, 0.5) is 4.39 Å². The normalized spacial score (nSPS) is 19.9. The summed E-state index contributed by atoms with van der Waals surface area (Å²) in [5, 5.41) is 10.2. The smallest absolute Gasteiger partial charge is 0.149 e. The number of allylic oxidation sites excluding steroid dienone is 1. The molecule has 232 valence electrons. The van der Waals surface area contributed by atoms with Crippen molar-refractivity contribution in [3.8, 4) is 10.4 Å². The van der Waals surface area contributed by atoms with E-state index in [2.05, 4.69) is 111 Å². The summed E-state index contributed by atoms with van der Waals surface area (Å²) in [4.78, 5) is 7.90. The number of likely N-dealkylation sites (tertiary alicyclic amines) is 1. The van der Waals surface area contributed by atoms with Crippen molar-refractivity contribution >= 4 is 24.0 Å². The van der Waals surface area contributed by atoms with Crippen LogP contribution in [0.15, 0.2) is 61.4 Å². The van der Waals surface area contributed by atoms with Crippen LogP contribution in [0.25, 0.3) is 10.4 Å². The van der Waals surface area contributed by atoms with Gasteiger partial charge in [0.15, 0.2) is 0 Å². The lowest BCUT2D eigenvalue weighted by atomic mass is 9.84. The molecule has 1 aromatic carbocycles. The summed E-state index contributed by atoms with van der Waals surface area (Å²) >= 11 is 6.35. The number of halogens is 1. The average molecular weight is 614 g/mol. The molecule has 0 bridgehead atoms. The number of benzene rings is 1. The number of alkyl halides is 1. The van der Waals surface area contributed by atoms with Crippen molar-refractivity contribution in [1.82, 2.24) is 25.8 Å². The maximum Gasteiger partial charge on any atom is 0.149 e. The van der Waals surface area contributed by atoms with E-state index in [0.717, 1.165) is 56.3 Å². The average Bonchev–Trinajstić information content (AvgIpc) is 3.31. The Morgan fingerprint density at radius 2 is 1.93 bits per heavy atom. The molecule has 3 aliphatic rings. The number of aryl methyl sites for hydroxylation is 1. The Balaban J connectivity index is 0.000000218. The van der Waals surface area contributed by atoms with E-state index in [1.54, 1.807) is 11.3 Å². The summed E-state index contributed by atoms with van der Waals surface area (Å²) in [5.41, 5.74) is 7.54. The number of thiazole rings is 1. The second-order valence-corrected chi connectivity index (χ2v) is 14.2. The SMILES string of the molecule is C=C.C=C(C(NC(=C)C1(F)CC1)C(C)(C)C)N1CCCC1S.CNCc1ccc(-c2scnc2C)cc1CC1CNC1. The van der Waals surface area contributed by atoms with Gasteiger partial charge in [0.2, 0.25) is 0 Å². The standard InChI is InChI=1S/C16H27FN2S.C16H21N3S.C2H4/c1-11(19-10-6-7-13(19)20)14(15(3,4)5)18-12(2)16(17)8-9-16;1-11-16(20-10-19-11)13-3-4-14(9-17-2)15(6-13)5-12-7-18-8-12;1-2/h13-14,18,20H,1-2,6-10H2,3-5H3;3-4,6,10,12,17-18H,5,7-9H2,1-2H3;1-2H2. The second-order valence-electron chi connectivity index (χ2n) is 12.7. The Labute approximate surface area is 263 Å². The Bertz CT molecular complexity index is 1190. The first-order valence-corrected chi connectivity index (χ1v) is 16.5. The van der Waals surface area contributed by atoms with E-state index in [9.17, 15) is 4.39 Å². The third-order valence-corrected chi connectivity index (χ3v) is 9.81. The first kappa shape index (κ1) is 34.4. The molecule has 5 nitrogen and oxygen atoms in total. The van der Waals surface area contributed by atoms with E-state index >= 15 is 0 Å². The predicted octanol–water partition coefficient (Wildman–Crippen LogP) is 7.27. The monoisotopic (exact) mass is 613 g/mol. The maximum absolute atomic E-state index is 14.1. The van der Waals surface area contributed by atoms with Gasteiger partial charge in [0, 0.05) is 24.5 Å². The van der Waals surface area contributed by atoms with Crippen molar-refractivity contribution in [3.63, 3.8) is 0 Å². The predicted molar refractivity (Wildman–Crippen MR) is 183 cm³/mol. The molecule has 1 aliphatic carbocycles. The molecule has 42 heavy (non-hydrogen) atoms. The molecule has 2 aromatic rings. The highest BCUT2D eigenvalue weighted by Gasteiger charge is 2.48. The van der Waals surface area contributed by atoms with Gasteiger partial charge in [-0.3, -0.25) is 0 Å². The van der Waals surface area contributed by atoms with Crippen LogP contribution in [-0.4, -0.2) is 53.7 Å². The molecule has 3 heterocycles. The lowest BCUT2D eigenvalue weighted by Crippen LogP contribution is -2.47. The molecule has 3 N–H and O–H groups in total. The van der Waals surface area contributed by atoms with Crippen molar-refractivity contribution in [3.05, 3.63) is 78.2 Å². The van der Waals surface area contributed by atoms with Crippen molar-refractivity contribution in [2.24, 2.45) is 11.3 Å². The van der Waals surface area contributed by atoms with E-state index in [0.29, 0.717) is 18.5 Å². The second kappa shape index (κ2) is 15.0. The van der Waals surface area contributed by atoms with Gasteiger partial charge in [-0.1, -0.05) is 46.1 Å². The van der Waals surface area contributed by atoms with Crippen LogP contribution in [0.1, 0.15) is 63.3 Å². The van der Waals surface area contributed by atoms with Gasteiger partial charge >= 0.3 is 0 Å². The minimum Gasteiger partial charge on any atom is -0.377 e. The van der Waals surface area contributed by atoms with E-state index in [-0.39, 0.29) is 16.8 Å². The minimum atomic E-state index is -1.20. The van der Waals surface area contributed by atoms with Crippen LogP contribution in [0, 0.1) is 18.3 Å². The summed E-state index contributed by atoms with van der Waals surface area (Å²) in [7, 11) is 2.01. The van der Waals surface area contributed by atoms with E-state index in [4.69, 9.17) is 0 Å². The quantitative estimate of drug-likeness (QED) is 0.168. The third-order valence-electron chi connectivity index (χ3n) is 8.29. The molecule has 5 rings (SSSR count). The maximum atomic E-state index is 14.1. The highest BCUT2D eigenvalue weighted by atomic mass is 32.1. The summed E-state index contributed by atoms with van der Waals surface area (Å²) in [6, 6.07) is 6.85. The van der Waals surface area contributed by atoms with Gasteiger partial charge < -0.3 is 20.9 Å². The summed E-state index contributed by atoms with van der Waals surface area (Å²) in [6.07, 6.45) is 4.56. The number of nitrogens with zero attached hydrogens (tertiary/aromatic N) is 2. The van der Waals surface area contributed by atoms with Gasteiger partial charge in [0.05, 0.1) is 27.5 Å². The highest BCUT2D eigenvalue weighted by molar-refractivity contribution is 7.80. The van der Waals surface area contributed by atoms with Crippen LogP contribution in [-0.2, 0) is 13.0 Å². The molecule has 3 fully saturated rings. The number of thiol groups is 1. The first-order valence-electron chi connectivity index (χ1n) is 15.1. The van der Waals surface area contributed by atoms with Gasteiger partial charge in [0.25, 0.3) is 0 Å². The highest BCUT2D eigenvalue weighted by Crippen LogP contribution is 2.45. The topological polar surface area (TPSA) is 52.2 Å². The van der Waals surface area contributed by atoms with Crippen LogP contribution in [0.5, 0.6) is 0 Å². The summed E-state index contributed by atoms with van der Waals surface area (Å²) < 4.78 is 14.1. The van der Waals surface area contributed by atoms with E-state index in [1.807, 2.05) is 12.6 Å². The van der Waals surface area contributed by atoms with Gasteiger partial charge in [-0.05, 0) is 93.3 Å². The van der Waals surface area contributed by atoms with E-state index < -0.39 is 5.67 Å². The zero-order valence-electron chi connectivity index (χ0n) is 26.4. The van der Waals surface area contributed by atoms with Crippen molar-refractivity contribution in [1.29, 1.82) is 0 Å². The minimum absolute atomic E-state index is 0.0176. The molecule has 2 atom stereocenters. The van der Waals surface area contributed by atoms with Gasteiger partial charge in [0.1, 0.15) is 5.67 Å². The number of hydrogen-bond donors (Lipinski definition) is 4. The molecule has 1 saturated carbocycles. The number of hydrogen-bond acceptors (Lipinski definition) is 7. The molecule has 8 heteroatoms. The van der Waals surface area contributed by atoms with E-state index in [1.165, 1.54) is 28.0 Å². The molecule has 0 radical (unpaired) electrons. The Morgan fingerprint density at radius 3 is 2.40 bits per heavy atom. The molecular weight excluding hydrogens is 562 g/mol. The summed E-state index contributed by atoms with van der Waals surface area (Å²) in [6.45, 7) is 26.9. The molecule has 2 unspecified atom stereocenters. The third kappa shape index (κ3) is 8.71. The fraction of sp³-hybridized carbons (Fsp3) is 0.559. The fourth-order valence-corrected chi connectivity index (χ4v) is 6.72. The van der Waals surface area contributed by atoms with Gasteiger partial charge in [-0.2, -0.15) is 12.6 Å². The Kier molecular flexibility index (Phi) is 12.3. The molecule has 0 spiro atoms. The van der Waals surface area contributed by atoms with Crippen molar-refractivity contribution in [2.75, 3.05) is 26.7 Å². The van der Waals surface area contributed by atoms with Crippen molar-refractivity contribution in [2.45, 2.75) is 83.4 Å². The number of rotatable bonds is 10. The van der Waals surface area contributed by atoms with Gasteiger partial charge in [-0.15, -0.1) is 24.5 Å². The van der Waals surface area contributed by atoms with Crippen LogP contribution >= 0.6 is 24.0 Å². The zero-order chi connectivity index (χ0) is 31.1. The van der Waals surface area contributed by atoms with Gasteiger partial charge in [-0.25, -0.2) is 9.37 Å². The molecule has 1 aromatic heterocycles. The van der Waals surface area contributed by atoms with Crippen LogP contribution in [0.2, 0.25) is 0 Å². The van der Waals surface area contributed by atoms with Crippen LogP contribution < -0.4 is 16.0 Å². The Morgan fingerprint density at radius 1 is 1.24 bits per heavy atom. The molecular formula is C34H52FN5S2. The lowest BCUT2D eigenvalue weighted by Gasteiger charge is -2.40. The number of aromatic nitrogens is 1. The lowest BCUT2D eigenvalue weighted by molar-refractivity contribution is 0.238. The Hall–Kier alpha value is -2.13. The largest absolute Gasteiger partial charge is 0.377 e. The van der Waals surface area contributed by atoms with Crippen molar-refractivity contribution < 1.29 is 4.39 Å². The first-order chi connectivity index (χ1) is 19.9. The van der Waals surface area contributed by atoms with Crippen LogP contribution in [0.3, 0.4) is 0 Å². The molecule has 2 saturated heterocycles. The summed E-state index contributed by atoms with van der Waals surface area (Å²) in [5.74, 6) is 0.795. The number of nitrogens with one attached hydrogen (secondary N) is 3. The zero-order valence-corrected chi connectivity index (χ0v) is 28.1. The fourth-order valence-electron chi connectivity index (χ4n) is 5.47. The molecule has 2 aliphatic heterocycles. The molecule has 0 amide bonds.